The molecule has 1 fully saturated rings. The molecular weight excluding hydrogens is 264 g/mol. The molecule has 6 nitrogen and oxygen atoms in total. The molecule has 2 aromatic rings. The maximum Gasteiger partial charge on any atom is 0.245 e. The predicted octanol–water partition coefficient (Wildman–Crippen LogP) is 1.74. The first kappa shape index (κ1) is 14.0. The van der Waals surface area contributed by atoms with E-state index in [0.717, 1.165) is 55.5 Å². The zero-order valence-corrected chi connectivity index (χ0v) is 12.6. The van der Waals surface area contributed by atoms with Crippen molar-refractivity contribution < 1.29 is 0 Å². The van der Waals surface area contributed by atoms with E-state index in [-0.39, 0.29) is 5.41 Å². The van der Waals surface area contributed by atoms with Crippen LogP contribution in [0, 0.1) is 12.3 Å². The van der Waals surface area contributed by atoms with Crippen LogP contribution in [0.1, 0.15) is 25.5 Å². The smallest absolute Gasteiger partial charge is 0.245 e. The van der Waals surface area contributed by atoms with Crippen molar-refractivity contribution in [3.8, 4) is 11.4 Å². The normalized spacial score (nSPS) is 18.0. The van der Waals surface area contributed by atoms with Gasteiger partial charge in [0, 0.05) is 30.5 Å². The van der Waals surface area contributed by atoms with E-state index in [9.17, 15) is 0 Å². The standard InChI is InChI=1S/C15H22N6/c1-11-3-4-12(9-17-11)13-18-14(20-19-13)21-7-5-15(2,10-16)6-8-21/h3-4,9H,5-8,10,16H2,1-2H3,(H,18,19,20). The third-order valence-corrected chi connectivity index (χ3v) is 4.40. The molecular formula is C15H22N6. The van der Waals surface area contributed by atoms with Crippen LogP contribution in [0.25, 0.3) is 11.4 Å². The van der Waals surface area contributed by atoms with Crippen molar-refractivity contribution in [2.45, 2.75) is 26.7 Å². The highest BCUT2D eigenvalue weighted by molar-refractivity contribution is 5.55. The van der Waals surface area contributed by atoms with E-state index in [0.29, 0.717) is 0 Å². The van der Waals surface area contributed by atoms with Crippen molar-refractivity contribution in [2.24, 2.45) is 11.1 Å². The molecule has 3 N–H and O–H groups in total. The number of pyridine rings is 1. The minimum absolute atomic E-state index is 0.260. The summed E-state index contributed by atoms with van der Waals surface area (Å²) in [7, 11) is 0. The molecule has 1 saturated heterocycles. The first-order valence-electron chi connectivity index (χ1n) is 7.40. The molecule has 2 aromatic heterocycles. The molecule has 21 heavy (non-hydrogen) atoms. The Bertz CT molecular complexity index is 595. The Kier molecular flexibility index (Phi) is 3.63. The van der Waals surface area contributed by atoms with E-state index in [2.05, 4.69) is 32.0 Å². The van der Waals surface area contributed by atoms with E-state index >= 15 is 0 Å². The van der Waals surface area contributed by atoms with Crippen molar-refractivity contribution in [3.05, 3.63) is 24.0 Å². The lowest BCUT2D eigenvalue weighted by molar-refractivity contribution is 0.257. The average Bonchev–Trinajstić information content (AvgIpc) is 2.98. The van der Waals surface area contributed by atoms with Crippen molar-refractivity contribution in [2.75, 3.05) is 24.5 Å². The zero-order chi connectivity index (χ0) is 14.9. The average molecular weight is 286 g/mol. The van der Waals surface area contributed by atoms with Crippen LogP contribution in [0.5, 0.6) is 0 Å². The highest BCUT2D eigenvalue weighted by Crippen LogP contribution is 2.31. The van der Waals surface area contributed by atoms with Gasteiger partial charge in [-0.3, -0.25) is 10.1 Å². The van der Waals surface area contributed by atoms with Gasteiger partial charge in [-0.2, -0.15) is 4.98 Å². The summed E-state index contributed by atoms with van der Waals surface area (Å²) in [5, 5.41) is 7.35. The predicted molar refractivity (Wildman–Crippen MR) is 83.0 cm³/mol. The minimum atomic E-state index is 0.260. The van der Waals surface area contributed by atoms with Crippen molar-refractivity contribution >= 4 is 5.95 Å². The lowest BCUT2D eigenvalue weighted by Crippen LogP contribution is -2.42. The maximum absolute atomic E-state index is 5.85. The number of aromatic nitrogens is 4. The third kappa shape index (κ3) is 2.90. The summed E-state index contributed by atoms with van der Waals surface area (Å²) in [6.45, 7) is 6.88. The van der Waals surface area contributed by atoms with E-state index in [1.165, 1.54) is 0 Å². The summed E-state index contributed by atoms with van der Waals surface area (Å²) < 4.78 is 0. The highest BCUT2D eigenvalue weighted by Gasteiger charge is 2.30. The van der Waals surface area contributed by atoms with Gasteiger partial charge in [0.05, 0.1) is 0 Å². The fraction of sp³-hybridized carbons (Fsp3) is 0.533. The largest absolute Gasteiger partial charge is 0.339 e. The topological polar surface area (TPSA) is 83.7 Å². The second kappa shape index (κ2) is 5.44. The van der Waals surface area contributed by atoms with Gasteiger partial charge in [-0.1, -0.05) is 6.92 Å². The molecule has 0 unspecified atom stereocenters. The summed E-state index contributed by atoms with van der Waals surface area (Å²) >= 11 is 0. The Morgan fingerprint density at radius 2 is 2.10 bits per heavy atom. The first-order chi connectivity index (χ1) is 10.1. The number of anilines is 1. The van der Waals surface area contributed by atoms with Gasteiger partial charge in [-0.15, -0.1) is 5.10 Å². The van der Waals surface area contributed by atoms with Gasteiger partial charge in [0.15, 0.2) is 5.82 Å². The molecule has 3 rings (SSSR count). The molecule has 0 radical (unpaired) electrons. The quantitative estimate of drug-likeness (QED) is 0.898. The lowest BCUT2D eigenvalue weighted by atomic mass is 9.81. The minimum Gasteiger partial charge on any atom is -0.339 e. The summed E-state index contributed by atoms with van der Waals surface area (Å²) in [4.78, 5) is 11.1. The number of aromatic amines is 1. The van der Waals surface area contributed by atoms with Crippen LogP contribution in [0.15, 0.2) is 18.3 Å². The third-order valence-electron chi connectivity index (χ3n) is 4.40. The van der Waals surface area contributed by atoms with E-state index in [1.54, 1.807) is 0 Å². The van der Waals surface area contributed by atoms with Gasteiger partial charge < -0.3 is 10.6 Å². The second-order valence-electron chi connectivity index (χ2n) is 6.17. The summed E-state index contributed by atoms with van der Waals surface area (Å²) in [5.41, 5.74) is 8.07. The summed E-state index contributed by atoms with van der Waals surface area (Å²) in [6.07, 6.45) is 3.99. The fourth-order valence-electron chi connectivity index (χ4n) is 2.58. The van der Waals surface area contributed by atoms with E-state index in [4.69, 9.17) is 5.73 Å². The van der Waals surface area contributed by atoms with E-state index in [1.807, 2.05) is 25.3 Å². The Morgan fingerprint density at radius 1 is 1.33 bits per heavy atom. The van der Waals surface area contributed by atoms with E-state index < -0.39 is 0 Å². The monoisotopic (exact) mass is 286 g/mol. The molecule has 112 valence electrons. The number of nitrogens with one attached hydrogen (secondary N) is 1. The number of nitrogens with two attached hydrogens (primary N) is 1. The van der Waals surface area contributed by atoms with Crippen LogP contribution >= 0.6 is 0 Å². The number of hydrogen-bond donors (Lipinski definition) is 2. The van der Waals surface area contributed by atoms with Gasteiger partial charge >= 0.3 is 0 Å². The Balaban J connectivity index is 1.72. The van der Waals surface area contributed by atoms with Crippen LogP contribution in [0.2, 0.25) is 0 Å². The molecule has 1 aliphatic rings. The molecule has 0 amide bonds. The Morgan fingerprint density at radius 3 is 2.71 bits per heavy atom. The van der Waals surface area contributed by atoms with Crippen LogP contribution in [-0.2, 0) is 0 Å². The van der Waals surface area contributed by atoms with Gasteiger partial charge in [-0.25, -0.2) is 0 Å². The number of piperidine rings is 1. The highest BCUT2D eigenvalue weighted by atomic mass is 15.4. The number of nitrogens with zero attached hydrogens (tertiary/aromatic N) is 4. The maximum atomic E-state index is 5.85. The summed E-state index contributed by atoms with van der Waals surface area (Å²) in [5.74, 6) is 1.54. The van der Waals surface area contributed by atoms with Crippen LogP contribution in [-0.4, -0.2) is 39.8 Å². The van der Waals surface area contributed by atoms with Crippen LogP contribution < -0.4 is 10.6 Å². The van der Waals surface area contributed by atoms with Crippen LogP contribution in [0.3, 0.4) is 0 Å². The van der Waals surface area contributed by atoms with Crippen LogP contribution in [0.4, 0.5) is 5.95 Å². The Hall–Kier alpha value is -1.95. The fourth-order valence-corrected chi connectivity index (χ4v) is 2.58. The number of aryl methyl sites for hydroxylation is 1. The molecule has 0 bridgehead atoms. The SMILES string of the molecule is Cc1ccc(-c2nc(N3CCC(C)(CN)CC3)n[nH]2)cn1. The molecule has 6 heteroatoms. The number of rotatable bonds is 3. The molecule has 0 spiro atoms. The molecule has 0 saturated carbocycles. The lowest BCUT2D eigenvalue weighted by Gasteiger charge is -2.38. The van der Waals surface area contributed by atoms with Crippen molar-refractivity contribution in [1.29, 1.82) is 0 Å². The van der Waals surface area contributed by atoms with Crippen molar-refractivity contribution in [3.63, 3.8) is 0 Å². The van der Waals surface area contributed by atoms with Gasteiger partial charge in [0.1, 0.15) is 0 Å². The van der Waals surface area contributed by atoms with Gasteiger partial charge in [0.25, 0.3) is 0 Å². The van der Waals surface area contributed by atoms with Gasteiger partial charge in [-0.05, 0) is 43.9 Å². The molecule has 0 atom stereocenters. The number of hydrogen-bond acceptors (Lipinski definition) is 5. The molecule has 0 aliphatic carbocycles. The molecule has 0 aromatic carbocycles. The Labute approximate surface area is 124 Å². The summed E-state index contributed by atoms with van der Waals surface area (Å²) in [6, 6.07) is 3.99. The van der Waals surface area contributed by atoms with Gasteiger partial charge in [0.2, 0.25) is 5.95 Å². The zero-order valence-electron chi connectivity index (χ0n) is 12.6. The molecule has 1 aliphatic heterocycles. The second-order valence-corrected chi connectivity index (χ2v) is 6.17. The number of H-pyrrole nitrogens is 1. The first-order valence-corrected chi connectivity index (χ1v) is 7.40. The molecule has 3 heterocycles. The van der Waals surface area contributed by atoms with Crippen molar-refractivity contribution in [1.82, 2.24) is 20.2 Å².